The normalized spacial score (nSPS) is 11.2. The van der Waals surface area contributed by atoms with Crippen molar-refractivity contribution < 1.29 is 9.53 Å². The number of benzene rings is 2. The molecule has 0 unspecified atom stereocenters. The van der Waals surface area contributed by atoms with Crippen molar-refractivity contribution in [3.05, 3.63) is 58.9 Å². The molecule has 0 saturated carbocycles. The second kappa shape index (κ2) is 8.21. The molecule has 1 aromatic heterocycles. The first kappa shape index (κ1) is 18.2. The number of hydrogen-bond acceptors (Lipinski definition) is 4. The minimum atomic E-state index is -0.439. The van der Waals surface area contributed by atoms with Crippen molar-refractivity contribution in [2.45, 2.75) is 13.0 Å². The number of rotatable bonds is 8. The number of H-pyrrole nitrogens is 1. The molecule has 0 saturated heterocycles. The first-order chi connectivity index (χ1) is 12.5. The van der Waals surface area contributed by atoms with Crippen LogP contribution in [0, 0.1) is 0 Å². The number of ether oxygens (including phenoxy) is 1. The lowest BCUT2D eigenvalue weighted by Gasteiger charge is -2.15. The fourth-order valence-corrected chi connectivity index (χ4v) is 2.86. The van der Waals surface area contributed by atoms with Crippen LogP contribution in [0.2, 0.25) is 5.02 Å². The Morgan fingerprint density at radius 1 is 1.27 bits per heavy atom. The zero-order valence-corrected chi connectivity index (χ0v) is 15.3. The number of nitrogens with zero attached hydrogens (tertiary/aromatic N) is 2. The van der Waals surface area contributed by atoms with Crippen LogP contribution >= 0.6 is 11.6 Å². The molecule has 3 N–H and O–H groups in total. The van der Waals surface area contributed by atoms with Gasteiger partial charge in [0.2, 0.25) is 5.91 Å². The quantitative estimate of drug-likeness (QED) is 0.594. The number of primary amides is 1. The van der Waals surface area contributed by atoms with Gasteiger partial charge in [0.05, 0.1) is 24.2 Å². The number of carbonyl (C=O) groups is 1. The Bertz CT molecular complexity index is 892. The lowest BCUT2D eigenvalue weighted by molar-refractivity contribution is 0.1000. The lowest BCUT2D eigenvalue weighted by Crippen LogP contribution is -2.21. The minimum Gasteiger partial charge on any atom is -0.494 e. The molecule has 1 heterocycles. The maximum Gasteiger partial charge on any atom is 0.248 e. The van der Waals surface area contributed by atoms with Gasteiger partial charge in [0.1, 0.15) is 11.6 Å². The van der Waals surface area contributed by atoms with Gasteiger partial charge in [-0.15, -0.1) is 0 Å². The molecule has 0 fully saturated rings. The van der Waals surface area contributed by atoms with Crippen LogP contribution in [0.3, 0.4) is 0 Å². The van der Waals surface area contributed by atoms with Gasteiger partial charge in [-0.05, 0) is 55.9 Å². The molecule has 2 aromatic carbocycles. The Morgan fingerprint density at radius 2 is 2.04 bits per heavy atom. The number of hydrogen-bond donors (Lipinski definition) is 2. The van der Waals surface area contributed by atoms with Crippen molar-refractivity contribution in [2.75, 3.05) is 20.2 Å². The van der Waals surface area contributed by atoms with Crippen LogP contribution in [0.4, 0.5) is 0 Å². The van der Waals surface area contributed by atoms with Crippen LogP contribution in [0.15, 0.2) is 42.5 Å². The Kier molecular flexibility index (Phi) is 5.75. The molecule has 26 heavy (non-hydrogen) atoms. The summed E-state index contributed by atoms with van der Waals surface area (Å²) in [7, 11) is 2.04. The first-order valence-corrected chi connectivity index (χ1v) is 8.74. The van der Waals surface area contributed by atoms with Gasteiger partial charge in [-0.3, -0.25) is 9.69 Å². The van der Waals surface area contributed by atoms with Crippen molar-refractivity contribution in [2.24, 2.45) is 5.73 Å². The number of nitrogens with two attached hydrogens (primary N) is 1. The van der Waals surface area contributed by atoms with E-state index in [0.717, 1.165) is 42.1 Å². The molecular weight excluding hydrogens is 352 g/mol. The standard InChI is InChI=1S/C19H21ClN4O2/c1-24(12-18-22-16-8-5-14(20)11-17(16)23-18)9-2-10-26-15-6-3-13(4-7-15)19(21)25/h3-8,11H,2,9-10,12H2,1H3,(H2,21,25)(H,22,23). The predicted molar refractivity (Wildman–Crippen MR) is 103 cm³/mol. The van der Waals surface area contributed by atoms with Gasteiger partial charge in [-0.2, -0.15) is 0 Å². The average molecular weight is 373 g/mol. The van der Waals surface area contributed by atoms with Gasteiger partial charge in [0, 0.05) is 17.1 Å². The third-order valence-corrected chi connectivity index (χ3v) is 4.24. The van der Waals surface area contributed by atoms with Gasteiger partial charge in [0.25, 0.3) is 0 Å². The number of nitrogens with one attached hydrogen (secondary N) is 1. The van der Waals surface area contributed by atoms with Gasteiger partial charge >= 0.3 is 0 Å². The number of aromatic nitrogens is 2. The SMILES string of the molecule is CN(CCCOc1ccc(C(N)=O)cc1)Cc1nc2ccc(Cl)cc2[nH]1. The second-order valence-electron chi connectivity index (χ2n) is 6.17. The van der Waals surface area contributed by atoms with E-state index in [1.165, 1.54) is 0 Å². The zero-order valence-electron chi connectivity index (χ0n) is 14.5. The van der Waals surface area contributed by atoms with Crippen LogP contribution in [0.1, 0.15) is 22.6 Å². The molecule has 7 heteroatoms. The molecule has 0 bridgehead atoms. The molecule has 6 nitrogen and oxygen atoms in total. The van der Waals surface area contributed by atoms with Crippen LogP contribution in [0.5, 0.6) is 5.75 Å². The van der Waals surface area contributed by atoms with Crippen LogP contribution in [-0.2, 0) is 6.54 Å². The smallest absolute Gasteiger partial charge is 0.248 e. The Morgan fingerprint density at radius 3 is 2.77 bits per heavy atom. The van der Waals surface area contributed by atoms with Gasteiger partial charge in [0.15, 0.2) is 0 Å². The summed E-state index contributed by atoms with van der Waals surface area (Å²) in [6.07, 6.45) is 0.875. The van der Waals surface area contributed by atoms with Crippen LogP contribution in [0.25, 0.3) is 11.0 Å². The van der Waals surface area contributed by atoms with E-state index in [1.807, 2.05) is 25.2 Å². The maximum atomic E-state index is 11.0. The van der Waals surface area contributed by atoms with E-state index < -0.39 is 5.91 Å². The van der Waals surface area contributed by atoms with Gasteiger partial charge in [-0.25, -0.2) is 4.98 Å². The molecule has 0 aliphatic carbocycles. The van der Waals surface area contributed by atoms with E-state index in [-0.39, 0.29) is 0 Å². The van der Waals surface area contributed by atoms with Gasteiger partial charge in [-0.1, -0.05) is 11.6 Å². The van der Waals surface area contributed by atoms with E-state index in [1.54, 1.807) is 24.3 Å². The van der Waals surface area contributed by atoms with Crippen molar-refractivity contribution in [3.8, 4) is 5.75 Å². The van der Waals surface area contributed by atoms with Gasteiger partial charge < -0.3 is 15.5 Å². The number of fused-ring (bicyclic) bond motifs is 1. The minimum absolute atomic E-state index is 0.439. The fraction of sp³-hybridized carbons (Fsp3) is 0.263. The topological polar surface area (TPSA) is 84.2 Å². The van der Waals surface area contributed by atoms with Crippen molar-refractivity contribution in [3.63, 3.8) is 0 Å². The second-order valence-corrected chi connectivity index (χ2v) is 6.61. The zero-order chi connectivity index (χ0) is 18.5. The number of halogens is 1. The molecular formula is C19H21ClN4O2. The highest BCUT2D eigenvalue weighted by molar-refractivity contribution is 6.31. The molecule has 0 aliphatic heterocycles. The van der Waals surface area contributed by atoms with E-state index in [4.69, 9.17) is 22.1 Å². The lowest BCUT2D eigenvalue weighted by atomic mass is 10.2. The van der Waals surface area contributed by atoms with Crippen molar-refractivity contribution in [1.29, 1.82) is 0 Å². The monoisotopic (exact) mass is 372 g/mol. The van der Waals surface area contributed by atoms with E-state index in [2.05, 4.69) is 14.9 Å². The maximum absolute atomic E-state index is 11.0. The Balaban J connectivity index is 1.43. The van der Waals surface area contributed by atoms with E-state index in [9.17, 15) is 4.79 Å². The molecule has 0 atom stereocenters. The van der Waals surface area contributed by atoms with Crippen molar-refractivity contribution in [1.82, 2.24) is 14.9 Å². The number of amides is 1. The number of imidazole rings is 1. The van der Waals surface area contributed by atoms with Crippen LogP contribution < -0.4 is 10.5 Å². The molecule has 136 valence electrons. The summed E-state index contributed by atoms with van der Waals surface area (Å²) in [4.78, 5) is 21.1. The summed E-state index contributed by atoms with van der Waals surface area (Å²) in [6.45, 7) is 2.19. The Labute approximate surface area is 156 Å². The largest absolute Gasteiger partial charge is 0.494 e. The van der Waals surface area contributed by atoms with Crippen molar-refractivity contribution >= 4 is 28.5 Å². The highest BCUT2D eigenvalue weighted by atomic mass is 35.5. The molecule has 0 radical (unpaired) electrons. The molecule has 3 aromatic rings. The number of aromatic amines is 1. The molecule has 0 aliphatic rings. The highest BCUT2D eigenvalue weighted by Gasteiger charge is 2.07. The fourth-order valence-electron chi connectivity index (χ4n) is 2.68. The van der Waals surface area contributed by atoms with Crippen LogP contribution in [-0.4, -0.2) is 41.0 Å². The Hall–Kier alpha value is -2.57. The summed E-state index contributed by atoms with van der Waals surface area (Å²) in [5.74, 6) is 1.20. The summed E-state index contributed by atoms with van der Waals surface area (Å²) < 4.78 is 5.69. The number of carbonyl (C=O) groups excluding carboxylic acids is 1. The summed E-state index contributed by atoms with van der Waals surface area (Å²) >= 11 is 6.00. The van der Waals surface area contributed by atoms with E-state index >= 15 is 0 Å². The average Bonchev–Trinajstić information content (AvgIpc) is 3.00. The highest BCUT2D eigenvalue weighted by Crippen LogP contribution is 2.17. The molecule has 0 spiro atoms. The summed E-state index contributed by atoms with van der Waals surface area (Å²) in [6, 6.07) is 12.5. The third kappa shape index (κ3) is 4.74. The molecule has 1 amide bonds. The molecule has 3 rings (SSSR count). The first-order valence-electron chi connectivity index (χ1n) is 8.36. The van der Waals surface area contributed by atoms with E-state index in [0.29, 0.717) is 17.2 Å². The predicted octanol–water partition coefficient (Wildman–Crippen LogP) is 3.22. The summed E-state index contributed by atoms with van der Waals surface area (Å²) in [5.41, 5.74) is 7.56. The third-order valence-electron chi connectivity index (χ3n) is 4.00. The summed E-state index contributed by atoms with van der Waals surface area (Å²) in [5, 5.41) is 0.696.